The van der Waals surface area contributed by atoms with E-state index in [4.69, 9.17) is 29.9 Å². The molecule has 1 saturated carbocycles. The lowest BCUT2D eigenvalue weighted by Crippen LogP contribution is -2.45. The number of carbonyl (C=O) groups is 7. The quantitative estimate of drug-likeness (QED) is 0.0189. The van der Waals surface area contributed by atoms with Gasteiger partial charge in [-0.2, -0.15) is 0 Å². The van der Waals surface area contributed by atoms with Gasteiger partial charge in [0, 0.05) is 38.9 Å². The topological polar surface area (TPSA) is 283 Å². The first-order valence-corrected chi connectivity index (χ1v) is 22.3. The van der Waals surface area contributed by atoms with Gasteiger partial charge in [0.15, 0.2) is 0 Å². The molecule has 1 aliphatic rings. The number of carboxylic acid groups (broad SMARTS) is 2. The Morgan fingerprint density at radius 2 is 1.03 bits per heavy atom. The number of aldehydes is 1. The van der Waals surface area contributed by atoms with Gasteiger partial charge in [-0.15, -0.1) is 0 Å². The minimum absolute atomic E-state index is 0.0497. The molecule has 2 unspecified atom stereocenters. The van der Waals surface area contributed by atoms with Crippen molar-refractivity contribution >= 4 is 41.9 Å². The van der Waals surface area contributed by atoms with E-state index in [0.29, 0.717) is 38.5 Å². The van der Waals surface area contributed by atoms with Gasteiger partial charge in [-0.3, -0.25) is 34.6 Å². The lowest BCUT2D eigenvalue weighted by Gasteiger charge is -2.13. The second kappa shape index (κ2) is 36.9. The van der Waals surface area contributed by atoms with E-state index in [1.165, 1.54) is 44.9 Å². The minimum Gasteiger partial charge on any atom is -0.481 e. The summed E-state index contributed by atoms with van der Waals surface area (Å²) in [5, 5.41) is 28.7. The fourth-order valence-electron chi connectivity index (χ4n) is 6.66. The van der Waals surface area contributed by atoms with E-state index in [1.54, 1.807) is 0 Å². The molecule has 0 spiro atoms. The molecule has 19 heteroatoms. The number of nitrogens with one attached hydrogen (secondary N) is 5. The van der Waals surface area contributed by atoms with Crippen molar-refractivity contribution in [1.82, 2.24) is 26.7 Å². The van der Waals surface area contributed by atoms with Gasteiger partial charge in [0.2, 0.25) is 23.6 Å². The molecule has 1 aliphatic carbocycles. The number of aliphatic carboxylic acids is 2. The monoisotopic (exact) mass is 873 g/mol. The van der Waals surface area contributed by atoms with Crippen LogP contribution in [0.15, 0.2) is 0 Å². The van der Waals surface area contributed by atoms with E-state index in [2.05, 4.69) is 26.7 Å². The molecule has 0 radical (unpaired) electrons. The molecule has 0 heterocycles. The van der Waals surface area contributed by atoms with E-state index in [9.17, 15) is 38.7 Å². The highest BCUT2D eigenvalue weighted by molar-refractivity contribution is 5.83. The number of nitrogens with two attached hydrogens (primary N) is 1. The number of hydrazine groups is 1. The number of ether oxygens (including phenoxy) is 4. The Bertz CT molecular complexity index is 1250. The van der Waals surface area contributed by atoms with Crippen LogP contribution in [-0.2, 0) is 52.5 Å². The van der Waals surface area contributed by atoms with Gasteiger partial charge in [-0.05, 0) is 44.4 Å². The SMILES string of the molecule is NNC1(C(=O)O)CC1CCCNC(=O)COCCOCCNC(=O)COCCOCCNC(=O)CC[C@@H](C=O)NC(=O)CCCCCCCCCCCCCCCCC(=O)O. The van der Waals surface area contributed by atoms with E-state index < -0.39 is 23.5 Å². The first-order chi connectivity index (χ1) is 29.5. The van der Waals surface area contributed by atoms with Crippen LogP contribution in [-0.4, -0.2) is 136 Å². The summed E-state index contributed by atoms with van der Waals surface area (Å²) in [7, 11) is 0. The van der Waals surface area contributed by atoms with Crippen molar-refractivity contribution in [2.45, 2.75) is 146 Å². The Morgan fingerprint density at radius 1 is 0.574 bits per heavy atom. The van der Waals surface area contributed by atoms with Crippen molar-refractivity contribution in [3.63, 3.8) is 0 Å². The largest absolute Gasteiger partial charge is 0.481 e. The molecule has 0 aromatic carbocycles. The molecular weight excluding hydrogens is 796 g/mol. The third kappa shape index (κ3) is 30.9. The number of amides is 4. The van der Waals surface area contributed by atoms with Gasteiger partial charge in [-0.1, -0.05) is 77.0 Å². The zero-order valence-corrected chi connectivity index (χ0v) is 36.3. The average Bonchev–Trinajstić information content (AvgIpc) is 3.97. The molecular formula is C42H76N6O13. The molecule has 352 valence electrons. The summed E-state index contributed by atoms with van der Waals surface area (Å²) in [6.07, 6.45) is 18.8. The summed E-state index contributed by atoms with van der Waals surface area (Å²) >= 11 is 0. The second-order valence-corrected chi connectivity index (χ2v) is 15.5. The van der Waals surface area contributed by atoms with Crippen LogP contribution in [0.25, 0.3) is 0 Å². The van der Waals surface area contributed by atoms with E-state index >= 15 is 0 Å². The normalized spacial score (nSPS) is 16.0. The fraction of sp³-hybridized carbons (Fsp3) is 0.833. The highest BCUT2D eigenvalue weighted by Gasteiger charge is 2.59. The van der Waals surface area contributed by atoms with Crippen LogP contribution in [0.2, 0.25) is 0 Å². The third-order valence-electron chi connectivity index (χ3n) is 10.4. The summed E-state index contributed by atoms with van der Waals surface area (Å²) in [5.74, 6) is 2.60. The first kappa shape index (κ1) is 55.3. The van der Waals surface area contributed by atoms with Crippen molar-refractivity contribution in [2.75, 3.05) is 72.5 Å². The maximum Gasteiger partial charge on any atom is 0.325 e. The molecule has 0 saturated heterocycles. The van der Waals surface area contributed by atoms with E-state index in [-0.39, 0.29) is 115 Å². The standard InChI is InChI=1S/C42H76N6O13/c43-48-42(41(56)57)30-34(42)16-15-21-44-38(52)32-60-28-27-59-25-23-46-39(53)33-61-29-26-58-24-22-45-36(50)20-19-35(31-49)47-37(51)17-13-11-9-7-5-3-1-2-4-6-8-10-12-14-18-40(54)55/h31,34-35,48H,1-30,32-33,43H2,(H,44,52)(H,45,50)(H,46,53)(H,47,51)(H,54,55)(H,56,57)/t34?,35-,42?/m0/s1. The summed E-state index contributed by atoms with van der Waals surface area (Å²) in [5.41, 5.74) is 1.33. The molecule has 4 amide bonds. The first-order valence-electron chi connectivity index (χ1n) is 22.3. The lowest BCUT2D eigenvalue weighted by molar-refractivity contribution is -0.141. The summed E-state index contributed by atoms with van der Waals surface area (Å²) < 4.78 is 21.3. The Morgan fingerprint density at radius 3 is 1.49 bits per heavy atom. The van der Waals surface area contributed by atoms with E-state index in [0.717, 1.165) is 44.9 Å². The number of hydrogen-bond acceptors (Lipinski definition) is 13. The molecule has 0 aromatic heterocycles. The van der Waals surface area contributed by atoms with Crippen LogP contribution >= 0.6 is 0 Å². The van der Waals surface area contributed by atoms with Gasteiger partial charge in [0.25, 0.3) is 0 Å². The zero-order valence-electron chi connectivity index (χ0n) is 36.3. The Balaban J connectivity index is 1.85. The minimum atomic E-state index is -1.04. The lowest BCUT2D eigenvalue weighted by atomic mass is 10.0. The number of carboxylic acids is 2. The smallest absolute Gasteiger partial charge is 0.325 e. The molecule has 3 atom stereocenters. The van der Waals surface area contributed by atoms with Gasteiger partial charge >= 0.3 is 11.9 Å². The molecule has 1 fully saturated rings. The van der Waals surface area contributed by atoms with Crippen LogP contribution in [0.3, 0.4) is 0 Å². The summed E-state index contributed by atoms with van der Waals surface area (Å²) in [4.78, 5) is 81.4. The van der Waals surface area contributed by atoms with Crippen molar-refractivity contribution in [1.29, 1.82) is 0 Å². The fourth-order valence-corrected chi connectivity index (χ4v) is 6.66. The van der Waals surface area contributed by atoms with Gasteiger partial charge < -0.3 is 55.2 Å². The van der Waals surface area contributed by atoms with Crippen molar-refractivity contribution in [3.8, 4) is 0 Å². The van der Waals surface area contributed by atoms with Crippen LogP contribution in [0.5, 0.6) is 0 Å². The van der Waals surface area contributed by atoms with Crippen molar-refractivity contribution < 1.29 is 62.7 Å². The van der Waals surface area contributed by atoms with Crippen LogP contribution < -0.4 is 32.5 Å². The number of carbonyl (C=O) groups excluding carboxylic acids is 5. The maximum absolute atomic E-state index is 12.3. The summed E-state index contributed by atoms with van der Waals surface area (Å²) in [6, 6.07) is -0.711. The molecule has 0 bridgehead atoms. The van der Waals surface area contributed by atoms with Crippen LogP contribution in [0.4, 0.5) is 0 Å². The molecule has 61 heavy (non-hydrogen) atoms. The highest BCUT2D eigenvalue weighted by Crippen LogP contribution is 2.46. The Labute approximate surface area is 361 Å². The van der Waals surface area contributed by atoms with Gasteiger partial charge in [-0.25, -0.2) is 5.43 Å². The molecule has 1 rings (SSSR count). The number of rotatable bonds is 44. The highest BCUT2D eigenvalue weighted by atomic mass is 16.5. The molecule has 9 N–H and O–H groups in total. The maximum atomic E-state index is 12.3. The Kier molecular flexibility index (Phi) is 33.4. The van der Waals surface area contributed by atoms with Crippen molar-refractivity contribution in [3.05, 3.63) is 0 Å². The zero-order chi connectivity index (χ0) is 44.8. The summed E-state index contributed by atoms with van der Waals surface area (Å²) in [6.45, 7) is 2.03. The average molecular weight is 873 g/mol. The molecule has 19 nitrogen and oxygen atoms in total. The predicted octanol–water partition coefficient (Wildman–Crippen LogP) is 2.28. The molecule has 0 aromatic rings. The van der Waals surface area contributed by atoms with Crippen molar-refractivity contribution in [2.24, 2.45) is 11.8 Å². The van der Waals surface area contributed by atoms with E-state index in [1.807, 2.05) is 0 Å². The molecule has 0 aliphatic heterocycles. The van der Waals surface area contributed by atoms with Gasteiger partial charge in [0.1, 0.15) is 25.0 Å². The third-order valence-corrected chi connectivity index (χ3v) is 10.4. The van der Waals surface area contributed by atoms with Crippen LogP contribution in [0.1, 0.15) is 135 Å². The predicted molar refractivity (Wildman–Crippen MR) is 226 cm³/mol. The number of unbranched alkanes of at least 4 members (excludes halogenated alkanes) is 13. The Hall–Kier alpha value is -3.75. The number of hydrogen-bond donors (Lipinski definition) is 8. The van der Waals surface area contributed by atoms with Crippen LogP contribution in [0, 0.1) is 5.92 Å². The second-order valence-electron chi connectivity index (χ2n) is 15.5. The van der Waals surface area contributed by atoms with Gasteiger partial charge in [0.05, 0.1) is 45.7 Å².